The van der Waals surface area contributed by atoms with E-state index in [0.717, 1.165) is 16.5 Å². The smallest absolute Gasteiger partial charge is 0.126 e. The summed E-state index contributed by atoms with van der Waals surface area (Å²) >= 11 is 1.50. The standard InChI is InChI=1S/C12H12F2N2S/c1-7-2-3-17-12(7)11(16-15)8-4-9(13)6-10(14)5-8/h2-6,11,16H,15H2,1H3. The fraction of sp³-hybridized carbons (Fsp3) is 0.167. The van der Waals surface area contributed by atoms with Gasteiger partial charge in [-0.3, -0.25) is 5.84 Å². The van der Waals surface area contributed by atoms with E-state index in [-0.39, 0.29) is 6.04 Å². The third-order valence-electron chi connectivity index (χ3n) is 2.55. The third kappa shape index (κ3) is 2.52. The van der Waals surface area contributed by atoms with E-state index in [1.54, 1.807) is 0 Å². The van der Waals surface area contributed by atoms with Gasteiger partial charge in [0.25, 0.3) is 0 Å². The molecule has 0 aliphatic heterocycles. The molecule has 90 valence electrons. The largest absolute Gasteiger partial charge is 0.271 e. The van der Waals surface area contributed by atoms with Crippen LogP contribution in [-0.4, -0.2) is 0 Å². The number of hydrogen-bond acceptors (Lipinski definition) is 3. The molecule has 0 aliphatic carbocycles. The van der Waals surface area contributed by atoms with Gasteiger partial charge in [0.2, 0.25) is 0 Å². The maximum Gasteiger partial charge on any atom is 0.126 e. The normalized spacial score (nSPS) is 12.7. The van der Waals surface area contributed by atoms with Gasteiger partial charge in [0.05, 0.1) is 6.04 Å². The molecule has 0 saturated heterocycles. The van der Waals surface area contributed by atoms with Crippen molar-refractivity contribution in [2.24, 2.45) is 5.84 Å². The second-order valence-electron chi connectivity index (χ2n) is 3.77. The number of nitrogens with two attached hydrogens (primary N) is 1. The first-order valence-corrected chi connectivity index (χ1v) is 5.96. The quantitative estimate of drug-likeness (QED) is 0.653. The number of rotatable bonds is 3. The average molecular weight is 254 g/mol. The highest BCUT2D eigenvalue weighted by Gasteiger charge is 2.17. The lowest BCUT2D eigenvalue weighted by atomic mass is 10.0. The summed E-state index contributed by atoms with van der Waals surface area (Å²) in [6.07, 6.45) is 0. The molecule has 3 N–H and O–H groups in total. The van der Waals surface area contributed by atoms with E-state index in [0.29, 0.717) is 5.56 Å². The Labute approximate surface area is 102 Å². The molecule has 1 unspecified atom stereocenters. The Morgan fingerprint density at radius 2 is 1.88 bits per heavy atom. The van der Waals surface area contributed by atoms with Gasteiger partial charge >= 0.3 is 0 Å². The van der Waals surface area contributed by atoms with Crippen molar-refractivity contribution in [2.75, 3.05) is 0 Å². The van der Waals surface area contributed by atoms with Gasteiger partial charge in [0, 0.05) is 10.9 Å². The lowest BCUT2D eigenvalue weighted by Gasteiger charge is -2.16. The summed E-state index contributed by atoms with van der Waals surface area (Å²) in [5, 5.41) is 1.92. The number of halogens is 2. The Morgan fingerprint density at radius 1 is 1.24 bits per heavy atom. The molecule has 17 heavy (non-hydrogen) atoms. The van der Waals surface area contributed by atoms with Crippen LogP contribution in [-0.2, 0) is 0 Å². The molecule has 0 spiro atoms. The highest BCUT2D eigenvalue weighted by Crippen LogP contribution is 2.29. The molecule has 1 heterocycles. The number of hydrazine groups is 1. The molecule has 0 radical (unpaired) electrons. The summed E-state index contributed by atoms with van der Waals surface area (Å²) in [4.78, 5) is 0.956. The van der Waals surface area contributed by atoms with Crippen LogP contribution in [0.25, 0.3) is 0 Å². The van der Waals surface area contributed by atoms with E-state index >= 15 is 0 Å². The van der Waals surface area contributed by atoms with Gasteiger partial charge in [-0.1, -0.05) is 0 Å². The summed E-state index contributed by atoms with van der Waals surface area (Å²) < 4.78 is 26.3. The van der Waals surface area contributed by atoms with Gasteiger partial charge in [-0.2, -0.15) is 0 Å². The lowest BCUT2D eigenvalue weighted by Crippen LogP contribution is -2.28. The van der Waals surface area contributed by atoms with Crippen LogP contribution >= 0.6 is 11.3 Å². The number of nitrogens with one attached hydrogen (secondary N) is 1. The predicted octanol–water partition coefficient (Wildman–Crippen LogP) is 2.89. The number of aryl methyl sites for hydroxylation is 1. The lowest BCUT2D eigenvalue weighted by molar-refractivity contribution is 0.567. The van der Waals surface area contributed by atoms with E-state index < -0.39 is 11.6 Å². The Morgan fingerprint density at radius 3 is 2.35 bits per heavy atom. The molecule has 5 heteroatoms. The summed E-state index contributed by atoms with van der Waals surface area (Å²) in [6, 6.07) is 4.97. The zero-order valence-corrected chi connectivity index (χ0v) is 10.0. The van der Waals surface area contributed by atoms with Crippen molar-refractivity contribution in [3.63, 3.8) is 0 Å². The highest BCUT2D eigenvalue weighted by molar-refractivity contribution is 7.10. The van der Waals surface area contributed by atoms with Crippen LogP contribution < -0.4 is 11.3 Å². The Balaban J connectivity index is 2.45. The first-order chi connectivity index (χ1) is 8.11. The predicted molar refractivity (Wildman–Crippen MR) is 64.6 cm³/mol. The summed E-state index contributed by atoms with van der Waals surface area (Å²) in [5.41, 5.74) is 4.12. The van der Waals surface area contributed by atoms with Crippen molar-refractivity contribution < 1.29 is 8.78 Å². The molecule has 0 fully saturated rings. The van der Waals surface area contributed by atoms with Crippen LogP contribution in [0.1, 0.15) is 22.0 Å². The van der Waals surface area contributed by atoms with Crippen molar-refractivity contribution in [1.29, 1.82) is 0 Å². The molecule has 1 aromatic heterocycles. The van der Waals surface area contributed by atoms with E-state index in [1.165, 1.54) is 23.5 Å². The van der Waals surface area contributed by atoms with E-state index in [4.69, 9.17) is 5.84 Å². The molecular weight excluding hydrogens is 242 g/mol. The summed E-state index contributed by atoms with van der Waals surface area (Å²) in [5.74, 6) is 4.27. The molecule has 0 amide bonds. The third-order valence-corrected chi connectivity index (χ3v) is 3.63. The molecule has 2 rings (SSSR count). The minimum atomic E-state index is -0.602. The van der Waals surface area contributed by atoms with Crippen LogP contribution in [0, 0.1) is 18.6 Å². The van der Waals surface area contributed by atoms with Gasteiger partial charge < -0.3 is 0 Å². The van der Waals surface area contributed by atoms with E-state index in [2.05, 4.69) is 5.43 Å². The molecule has 0 aliphatic rings. The molecular formula is C12H12F2N2S. The molecule has 2 nitrogen and oxygen atoms in total. The fourth-order valence-electron chi connectivity index (χ4n) is 1.75. The molecule has 1 aromatic carbocycles. The van der Waals surface area contributed by atoms with Gasteiger partial charge in [-0.25, -0.2) is 14.2 Å². The van der Waals surface area contributed by atoms with Crippen molar-refractivity contribution in [1.82, 2.24) is 5.43 Å². The minimum Gasteiger partial charge on any atom is -0.271 e. The van der Waals surface area contributed by atoms with Crippen LogP contribution in [0.5, 0.6) is 0 Å². The zero-order chi connectivity index (χ0) is 12.4. The van der Waals surface area contributed by atoms with Crippen LogP contribution in [0.15, 0.2) is 29.6 Å². The number of benzene rings is 1. The average Bonchev–Trinajstić information content (AvgIpc) is 2.65. The van der Waals surface area contributed by atoms with Crippen molar-refractivity contribution in [3.05, 3.63) is 57.3 Å². The summed E-state index contributed by atoms with van der Waals surface area (Å²) in [6.45, 7) is 1.94. The van der Waals surface area contributed by atoms with E-state index in [9.17, 15) is 8.78 Å². The maximum atomic E-state index is 13.2. The van der Waals surface area contributed by atoms with Gasteiger partial charge in [-0.05, 0) is 41.6 Å². The Kier molecular flexibility index (Phi) is 3.51. The highest BCUT2D eigenvalue weighted by atomic mass is 32.1. The first-order valence-electron chi connectivity index (χ1n) is 5.08. The van der Waals surface area contributed by atoms with Crippen LogP contribution in [0.2, 0.25) is 0 Å². The van der Waals surface area contributed by atoms with Crippen molar-refractivity contribution in [2.45, 2.75) is 13.0 Å². The van der Waals surface area contributed by atoms with Gasteiger partial charge in [-0.15, -0.1) is 11.3 Å². The maximum absolute atomic E-state index is 13.2. The Bertz CT molecular complexity index is 505. The number of thiophene rings is 1. The van der Waals surface area contributed by atoms with Gasteiger partial charge in [0.1, 0.15) is 11.6 Å². The SMILES string of the molecule is Cc1ccsc1C(NN)c1cc(F)cc(F)c1. The molecule has 2 aromatic rings. The fourth-order valence-corrected chi connectivity index (χ4v) is 2.76. The monoisotopic (exact) mass is 254 g/mol. The van der Waals surface area contributed by atoms with Gasteiger partial charge in [0.15, 0.2) is 0 Å². The molecule has 1 atom stereocenters. The van der Waals surface area contributed by atoms with Crippen LogP contribution in [0.4, 0.5) is 8.78 Å². The topological polar surface area (TPSA) is 38.0 Å². The molecule has 0 saturated carbocycles. The first kappa shape index (κ1) is 12.2. The minimum absolute atomic E-state index is 0.389. The van der Waals surface area contributed by atoms with E-state index in [1.807, 2.05) is 18.4 Å². The molecule has 0 bridgehead atoms. The second-order valence-corrected chi connectivity index (χ2v) is 4.72. The zero-order valence-electron chi connectivity index (χ0n) is 9.21. The summed E-state index contributed by atoms with van der Waals surface area (Å²) in [7, 11) is 0. The van der Waals surface area contributed by atoms with Crippen molar-refractivity contribution >= 4 is 11.3 Å². The second kappa shape index (κ2) is 4.91. The number of hydrogen-bond donors (Lipinski definition) is 2. The van der Waals surface area contributed by atoms with Crippen molar-refractivity contribution in [3.8, 4) is 0 Å². The Hall–Kier alpha value is -1.30. The van der Waals surface area contributed by atoms with Crippen LogP contribution in [0.3, 0.4) is 0 Å².